The Balaban J connectivity index is 2.03. The van der Waals surface area contributed by atoms with Crippen LogP contribution < -0.4 is 10.2 Å². The molecule has 1 aliphatic carbocycles. The van der Waals surface area contributed by atoms with Gasteiger partial charge in [-0.3, -0.25) is 0 Å². The van der Waals surface area contributed by atoms with Gasteiger partial charge in [0.25, 0.3) is 0 Å². The van der Waals surface area contributed by atoms with Gasteiger partial charge >= 0.3 is 0 Å². The van der Waals surface area contributed by atoms with E-state index in [4.69, 9.17) is 0 Å². The molecular weight excluding hydrogens is 196 g/mol. The highest BCUT2D eigenvalue weighted by molar-refractivity contribution is 5.58. The maximum absolute atomic E-state index is 3.63. The van der Waals surface area contributed by atoms with Crippen molar-refractivity contribution in [1.82, 2.24) is 0 Å². The molecule has 0 spiro atoms. The standard InChI is InChI=1S/C14H22N2/c1-3-16(2)14-10-6-9-13(11-14)15-12-7-4-5-8-12/h6,9-12,15H,3-5,7-8H2,1-2H3. The van der Waals surface area contributed by atoms with Crippen molar-refractivity contribution in [2.24, 2.45) is 0 Å². The molecule has 0 unspecified atom stereocenters. The largest absolute Gasteiger partial charge is 0.382 e. The van der Waals surface area contributed by atoms with E-state index < -0.39 is 0 Å². The van der Waals surface area contributed by atoms with Crippen LogP contribution in [0.3, 0.4) is 0 Å². The van der Waals surface area contributed by atoms with Gasteiger partial charge in [0.2, 0.25) is 0 Å². The predicted octanol–water partition coefficient (Wildman–Crippen LogP) is 3.50. The monoisotopic (exact) mass is 218 g/mol. The molecule has 16 heavy (non-hydrogen) atoms. The molecule has 0 atom stereocenters. The van der Waals surface area contributed by atoms with Crippen LogP contribution in [0.25, 0.3) is 0 Å². The Kier molecular flexibility index (Phi) is 3.70. The minimum atomic E-state index is 0.696. The van der Waals surface area contributed by atoms with E-state index in [1.165, 1.54) is 37.1 Å². The fraction of sp³-hybridized carbons (Fsp3) is 0.571. The summed E-state index contributed by atoms with van der Waals surface area (Å²) in [7, 11) is 2.13. The summed E-state index contributed by atoms with van der Waals surface area (Å²) < 4.78 is 0. The lowest BCUT2D eigenvalue weighted by molar-refractivity contribution is 0.755. The highest BCUT2D eigenvalue weighted by Crippen LogP contribution is 2.24. The Hall–Kier alpha value is -1.18. The second kappa shape index (κ2) is 5.24. The molecule has 0 heterocycles. The van der Waals surface area contributed by atoms with Crippen molar-refractivity contribution in [3.8, 4) is 0 Å². The van der Waals surface area contributed by atoms with E-state index in [-0.39, 0.29) is 0 Å². The van der Waals surface area contributed by atoms with E-state index in [1.807, 2.05) is 0 Å². The van der Waals surface area contributed by atoms with Gasteiger partial charge in [-0.1, -0.05) is 18.9 Å². The molecule has 1 aliphatic rings. The lowest BCUT2D eigenvalue weighted by Crippen LogP contribution is -2.17. The number of benzene rings is 1. The van der Waals surface area contributed by atoms with Crippen LogP contribution in [0.4, 0.5) is 11.4 Å². The lowest BCUT2D eigenvalue weighted by atomic mass is 10.2. The summed E-state index contributed by atoms with van der Waals surface area (Å²) >= 11 is 0. The van der Waals surface area contributed by atoms with Gasteiger partial charge in [0.15, 0.2) is 0 Å². The first-order chi connectivity index (χ1) is 7.79. The molecule has 1 aromatic carbocycles. The van der Waals surface area contributed by atoms with Crippen molar-refractivity contribution < 1.29 is 0 Å². The van der Waals surface area contributed by atoms with E-state index in [0.717, 1.165) is 6.54 Å². The van der Waals surface area contributed by atoms with Gasteiger partial charge in [-0.25, -0.2) is 0 Å². The smallest absolute Gasteiger partial charge is 0.0384 e. The first kappa shape index (κ1) is 11.3. The second-order valence-electron chi connectivity index (χ2n) is 4.69. The molecular formula is C14H22N2. The van der Waals surface area contributed by atoms with E-state index in [2.05, 4.69) is 48.5 Å². The Morgan fingerprint density at radius 2 is 2.06 bits per heavy atom. The van der Waals surface area contributed by atoms with Crippen LogP contribution >= 0.6 is 0 Å². The topological polar surface area (TPSA) is 15.3 Å². The molecule has 2 rings (SSSR count). The number of nitrogens with one attached hydrogen (secondary N) is 1. The third-order valence-electron chi connectivity index (χ3n) is 3.49. The number of nitrogens with zero attached hydrogens (tertiary/aromatic N) is 1. The Bertz CT molecular complexity index is 329. The molecule has 1 saturated carbocycles. The van der Waals surface area contributed by atoms with Crippen LogP contribution in [-0.4, -0.2) is 19.6 Å². The highest BCUT2D eigenvalue weighted by Gasteiger charge is 2.14. The van der Waals surface area contributed by atoms with Gasteiger partial charge in [0.05, 0.1) is 0 Å². The van der Waals surface area contributed by atoms with E-state index in [1.54, 1.807) is 0 Å². The number of hydrogen-bond acceptors (Lipinski definition) is 2. The quantitative estimate of drug-likeness (QED) is 0.832. The van der Waals surface area contributed by atoms with Crippen molar-refractivity contribution >= 4 is 11.4 Å². The average molecular weight is 218 g/mol. The fourth-order valence-electron chi connectivity index (χ4n) is 2.32. The minimum absolute atomic E-state index is 0.696. The molecule has 0 bridgehead atoms. The molecule has 2 heteroatoms. The zero-order chi connectivity index (χ0) is 11.4. The summed E-state index contributed by atoms with van der Waals surface area (Å²) in [6.45, 7) is 3.23. The number of anilines is 2. The molecule has 1 N–H and O–H groups in total. The molecule has 0 radical (unpaired) electrons. The maximum atomic E-state index is 3.63. The predicted molar refractivity (Wildman–Crippen MR) is 71.3 cm³/mol. The number of hydrogen-bond donors (Lipinski definition) is 1. The summed E-state index contributed by atoms with van der Waals surface area (Å²) in [5, 5.41) is 3.63. The molecule has 88 valence electrons. The highest BCUT2D eigenvalue weighted by atomic mass is 15.1. The minimum Gasteiger partial charge on any atom is -0.382 e. The van der Waals surface area contributed by atoms with Crippen LogP contribution in [0.5, 0.6) is 0 Å². The Labute approximate surface area is 98.7 Å². The number of rotatable bonds is 4. The second-order valence-corrected chi connectivity index (χ2v) is 4.69. The summed E-state index contributed by atoms with van der Waals surface area (Å²) in [5.41, 5.74) is 2.56. The average Bonchev–Trinajstić information content (AvgIpc) is 2.81. The van der Waals surface area contributed by atoms with Crippen LogP contribution in [0.15, 0.2) is 24.3 Å². The maximum Gasteiger partial charge on any atom is 0.0384 e. The Morgan fingerprint density at radius 1 is 1.31 bits per heavy atom. The zero-order valence-corrected chi connectivity index (χ0v) is 10.4. The van der Waals surface area contributed by atoms with E-state index in [0.29, 0.717) is 6.04 Å². The first-order valence-corrected chi connectivity index (χ1v) is 6.37. The van der Waals surface area contributed by atoms with Crippen LogP contribution in [0.1, 0.15) is 32.6 Å². The van der Waals surface area contributed by atoms with Crippen LogP contribution in [0, 0.1) is 0 Å². The molecule has 0 saturated heterocycles. The van der Waals surface area contributed by atoms with Gasteiger partial charge in [0, 0.05) is 31.0 Å². The summed E-state index contributed by atoms with van der Waals surface area (Å²) in [6.07, 6.45) is 5.42. The normalized spacial score (nSPS) is 16.4. The fourth-order valence-corrected chi connectivity index (χ4v) is 2.32. The van der Waals surface area contributed by atoms with Gasteiger partial charge < -0.3 is 10.2 Å². The van der Waals surface area contributed by atoms with E-state index >= 15 is 0 Å². The van der Waals surface area contributed by atoms with Crippen LogP contribution in [0.2, 0.25) is 0 Å². The third-order valence-corrected chi connectivity index (χ3v) is 3.49. The van der Waals surface area contributed by atoms with Crippen molar-refractivity contribution in [2.75, 3.05) is 23.8 Å². The molecule has 1 aromatic rings. The SMILES string of the molecule is CCN(C)c1cccc(NC2CCCC2)c1. The van der Waals surface area contributed by atoms with Crippen molar-refractivity contribution in [3.05, 3.63) is 24.3 Å². The third kappa shape index (κ3) is 2.69. The van der Waals surface area contributed by atoms with Gasteiger partial charge in [0.1, 0.15) is 0 Å². The molecule has 0 aromatic heterocycles. The van der Waals surface area contributed by atoms with Crippen molar-refractivity contribution in [2.45, 2.75) is 38.6 Å². The summed E-state index contributed by atoms with van der Waals surface area (Å²) in [4.78, 5) is 2.26. The molecule has 0 amide bonds. The molecule has 0 aliphatic heterocycles. The molecule has 2 nitrogen and oxygen atoms in total. The molecule has 1 fully saturated rings. The van der Waals surface area contributed by atoms with Gasteiger partial charge in [-0.15, -0.1) is 0 Å². The van der Waals surface area contributed by atoms with Crippen LogP contribution in [-0.2, 0) is 0 Å². The first-order valence-electron chi connectivity index (χ1n) is 6.37. The van der Waals surface area contributed by atoms with E-state index in [9.17, 15) is 0 Å². The van der Waals surface area contributed by atoms with Crippen molar-refractivity contribution in [1.29, 1.82) is 0 Å². The van der Waals surface area contributed by atoms with Gasteiger partial charge in [-0.05, 0) is 38.0 Å². The summed E-state index contributed by atoms with van der Waals surface area (Å²) in [6, 6.07) is 9.43. The lowest BCUT2D eigenvalue weighted by Gasteiger charge is -2.19. The van der Waals surface area contributed by atoms with Gasteiger partial charge in [-0.2, -0.15) is 0 Å². The Morgan fingerprint density at radius 3 is 2.75 bits per heavy atom. The zero-order valence-electron chi connectivity index (χ0n) is 10.4. The summed E-state index contributed by atoms with van der Waals surface area (Å²) in [5.74, 6) is 0. The van der Waals surface area contributed by atoms with Crippen molar-refractivity contribution in [3.63, 3.8) is 0 Å².